The van der Waals surface area contributed by atoms with Crippen molar-refractivity contribution in [2.24, 2.45) is 0 Å². The number of carbonyl (C=O) groups excluding carboxylic acids is 1. The fourth-order valence-electron chi connectivity index (χ4n) is 2.19. The molecule has 5 heteroatoms. The van der Waals surface area contributed by atoms with Crippen LogP contribution in [-0.2, 0) is 0 Å². The van der Waals surface area contributed by atoms with Crippen molar-refractivity contribution >= 4 is 5.91 Å². The second-order valence-electron chi connectivity index (χ2n) is 4.55. The summed E-state index contributed by atoms with van der Waals surface area (Å²) in [5.74, 6) is -0.312. The minimum absolute atomic E-state index is 0.131. The molecule has 17 heavy (non-hydrogen) atoms. The third-order valence-corrected chi connectivity index (χ3v) is 3.02. The molecule has 0 saturated carbocycles. The fraction of sp³-hybridized carbons (Fsp3) is 0.500. The van der Waals surface area contributed by atoms with Gasteiger partial charge >= 0.3 is 0 Å². The zero-order chi connectivity index (χ0) is 12.5. The molecular weight excluding hydrogens is 220 g/mol. The first-order valence-electron chi connectivity index (χ1n) is 5.75. The lowest BCUT2D eigenvalue weighted by atomic mass is 9.89. The molecule has 0 aromatic carbocycles. The van der Waals surface area contributed by atoms with Gasteiger partial charge < -0.3 is 15.0 Å². The normalized spacial score (nSPS) is 17.6. The van der Waals surface area contributed by atoms with Gasteiger partial charge in [-0.3, -0.25) is 9.59 Å². The van der Waals surface area contributed by atoms with Crippen molar-refractivity contribution in [1.29, 1.82) is 0 Å². The summed E-state index contributed by atoms with van der Waals surface area (Å²) in [5, 5.41) is 9.97. The number of pyridine rings is 1. The molecule has 0 bridgehead atoms. The van der Waals surface area contributed by atoms with Crippen LogP contribution in [-0.4, -0.2) is 39.6 Å². The van der Waals surface area contributed by atoms with Crippen LogP contribution >= 0.6 is 0 Å². The second kappa shape index (κ2) is 4.33. The highest BCUT2D eigenvalue weighted by Crippen LogP contribution is 2.26. The largest absolute Gasteiger partial charge is 0.386 e. The Morgan fingerprint density at radius 3 is 2.88 bits per heavy atom. The van der Waals surface area contributed by atoms with Gasteiger partial charge in [0.05, 0.1) is 18.7 Å². The summed E-state index contributed by atoms with van der Waals surface area (Å²) < 4.78 is 0. The van der Waals surface area contributed by atoms with Gasteiger partial charge in [0.2, 0.25) is 0 Å². The molecule has 0 radical (unpaired) electrons. The highest BCUT2D eigenvalue weighted by Gasteiger charge is 2.43. The Hall–Kier alpha value is -1.62. The summed E-state index contributed by atoms with van der Waals surface area (Å²) in [6.45, 7) is 2.62. The molecule has 1 amide bonds. The number of rotatable bonds is 3. The third kappa shape index (κ3) is 2.24. The van der Waals surface area contributed by atoms with Crippen molar-refractivity contribution in [3.8, 4) is 0 Å². The van der Waals surface area contributed by atoms with Gasteiger partial charge in [-0.05, 0) is 18.6 Å². The van der Waals surface area contributed by atoms with E-state index >= 15 is 0 Å². The number of β-amino-alcohol motifs (C(OH)–C–C–N with tert-alkyl or cyclic N) is 1. The van der Waals surface area contributed by atoms with E-state index in [4.69, 9.17) is 0 Å². The molecule has 0 unspecified atom stereocenters. The molecule has 0 aliphatic carbocycles. The smallest absolute Gasteiger partial charge is 0.260 e. The Balaban J connectivity index is 2.05. The third-order valence-electron chi connectivity index (χ3n) is 3.02. The van der Waals surface area contributed by atoms with Crippen LogP contribution in [0.25, 0.3) is 0 Å². The zero-order valence-corrected chi connectivity index (χ0v) is 9.77. The van der Waals surface area contributed by atoms with Gasteiger partial charge in [-0.15, -0.1) is 0 Å². The lowest BCUT2D eigenvalue weighted by Gasteiger charge is -2.46. The van der Waals surface area contributed by atoms with Crippen LogP contribution in [0.2, 0.25) is 0 Å². The van der Waals surface area contributed by atoms with E-state index < -0.39 is 5.60 Å². The van der Waals surface area contributed by atoms with Gasteiger partial charge in [-0.2, -0.15) is 0 Å². The van der Waals surface area contributed by atoms with E-state index in [0.29, 0.717) is 19.5 Å². The van der Waals surface area contributed by atoms with E-state index in [-0.39, 0.29) is 17.0 Å². The van der Waals surface area contributed by atoms with Crippen molar-refractivity contribution in [1.82, 2.24) is 9.88 Å². The van der Waals surface area contributed by atoms with Crippen LogP contribution in [0, 0.1) is 0 Å². The molecule has 1 fully saturated rings. The van der Waals surface area contributed by atoms with Gasteiger partial charge in [0.1, 0.15) is 5.56 Å². The van der Waals surface area contributed by atoms with Crippen molar-refractivity contribution < 1.29 is 9.90 Å². The Morgan fingerprint density at radius 2 is 2.29 bits per heavy atom. The maximum atomic E-state index is 11.9. The van der Waals surface area contributed by atoms with E-state index in [1.54, 1.807) is 6.07 Å². The number of nitrogens with zero attached hydrogens (tertiary/aromatic N) is 1. The number of hydrogen-bond donors (Lipinski definition) is 2. The van der Waals surface area contributed by atoms with Gasteiger partial charge in [0, 0.05) is 6.20 Å². The van der Waals surface area contributed by atoms with Crippen LogP contribution in [0.15, 0.2) is 23.1 Å². The predicted molar refractivity (Wildman–Crippen MR) is 62.8 cm³/mol. The summed E-state index contributed by atoms with van der Waals surface area (Å²) >= 11 is 0. The van der Waals surface area contributed by atoms with E-state index in [1.165, 1.54) is 17.2 Å². The molecule has 1 aliphatic heterocycles. The van der Waals surface area contributed by atoms with Crippen molar-refractivity contribution in [3.63, 3.8) is 0 Å². The number of likely N-dealkylation sites (tertiary alicyclic amines) is 1. The molecular formula is C12H16N2O3. The second-order valence-corrected chi connectivity index (χ2v) is 4.55. The molecule has 1 saturated heterocycles. The van der Waals surface area contributed by atoms with E-state index in [0.717, 1.165) is 6.42 Å². The molecule has 2 heterocycles. The molecule has 1 aromatic heterocycles. The molecule has 5 nitrogen and oxygen atoms in total. The first kappa shape index (κ1) is 11.9. The number of aromatic amines is 1. The lowest BCUT2D eigenvalue weighted by Crippen LogP contribution is -2.63. The first-order chi connectivity index (χ1) is 8.06. The minimum Gasteiger partial charge on any atom is -0.386 e. The van der Waals surface area contributed by atoms with Crippen LogP contribution in [0.4, 0.5) is 0 Å². The van der Waals surface area contributed by atoms with Crippen molar-refractivity contribution in [3.05, 3.63) is 34.2 Å². The standard InChI is InChI=1S/C12H16N2O3/c1-2-5-12(17)7-14(8-12)11(16)9-4-3-6-13-10(9)15/h3-4,6,17H,2,5,7-8H2,1H3,(H,13,15). The average Bonchev–Trinajstić information content (AvgIpc) is 2.26. The SMILES string of the molecule is CCCC1(O)CN(C(=O)c2ccc[nH]c2=O)C1. The van der Waals surface area contributed by atoms with Crippen LogP contribution in [0.3, 0.4) is 0 Å². The summed E-state index contributed by atoms with van der Waals surface area (Å²) in [4.78, 5) is 27.3. The molecule has 1 aliphatic rings. The van der Waals surface area contributed by atoms with Gasteiger partial charge in [0.15, 0.2) is 0 Å². The first-order valence-corrected chi connectivity index (χ1v) is 5.75. The number of aliphatic hydroxyl groups is 1. The predicted octanol–water partition coefficient (Wildman–Crippen LogP) is 0.362. The number of hydrogen-bond acceptors (Lipinski definition) is 3. The lowest BCUT2D eigenvalue weighted by molar-refractivity contribution is -0.0860. The van der Waals surface area contributed by atoms with Gasteiger partial charge in [0.25, 0.3) is 11.5 Å². The minimum atomic E-state index is -0.758. The monoisotopic (exact) mass is 236 g/mol. The molecule has 1 aromatic rings. The summed E-state index contributed by atoms with van der Waals surface area (Å²) in [5.41, 5.74) is -1.01. The van der Waals surface area contributed by atoms with Crippen molar-refractivity contribution in [2.75, 3.05) is 13.1 Å². The highest BCUT2D eigenvalue weighted by atomic mass is 16.3. The van der Waals surface area contributed by atoms with Crippen LogP contribution < -0.4 is 5.56 Å². The summed E-state index contributed by atoms with van der Waals surface area (Å²) in [7, 11) is 0. The van der Waals surface area contributed by atoms with Crippen LogP contribution in [0.5, 0.6) is 0 Å². The zero-order valence-electron chi connectivity index (χ0n) is 9.77. The number of aromatic nitrogens is 1. The molecule has 92 valence electrons. The van der Waals surface area contributed by atoms with Gasteiger partial charge in [-0.1, -0.05) is 13.3 Å². The number of nitrogens with one attached hydrogen (secondary N) is 1. The van der Waals surface area contributed by atoms with E-state index in [1.807, 2.05) is 6.92 Å². The summed E-state index contributed by atoms with van der Waals surface area (Å²) in [6, 6.07) is 3.12. The Labute approximate surface area is 99.1 Å². The molecule has 0 spiro atoms. The topological polar surface area (TPSA) is 73.4 Å². The highest BCUT2D eigenvalue weighted by molar-refractivity contribution is 5.94. The Bertz CT molecular complexity index is 475. The number of amides is 1. The molecule has 0 atom stereocenters. The Kier molecular flexibility index (Phi) is 3.02. The average molecular weight is 236 g/mol. The maximum Gasteiger partial charge on any atom is 0.260 e. The quantitative estimate of drug-likeness (QED) is 0.796. The van der Waals surface area contributed by atoms with Gasteiger partial charge in [-0.25, -0.2) is 0 Å². The fourth-order valence-corrected chi connectivity index (χ4v) is 2.19. The maximum absolute atomic E-state index is 11.9. The summed E-state index contributed by atoms with van der Waals surface area (Å²) in [6.07, 6.45) is 3.05. The molecule has 2 N–H and O–H groups in total. The van der Waals surface area contributed by atoms with E-state index in [9.17, 15) is 14.7 Å². The number of H-pyrrole nitrogens is 1. The Morgan fingerprint density at radius 1 is 1.59 bits per heavy atom. The molecule has 2 rings (SSSR count). The van der Waals surface area contributed by atoms with Crippen LogP contribution in [0.1, 0.15) is 30.1 Å². The number of carbonyl (C=O) groups is 1. The van der Waals surface area contributed by atoms with Crippen molar-refractivity contribution in [2.45, 2.75) is 25.4 Å². The van der Waals surface area contributed by atoms with E-state index in [2.05, 4.69) is 4.98 Å².